The van der Waals surface area contributed by atoms with E-state index in [1.54, 1.807) is 7.11 Å². The van der Waals surface area contributed by atoms with Crippen molar-refractivity contribution in [1.29, 1.82) is 0 Å². The monoisotopic (exact) mass is 472 g/mol. The van der Waals surface area contributed by atoms with Crippen molar-refractivity contribution in [3.8, 4) is 11.5 Å². The summed E-state index contributed by atoms with van der Waals surface area (Å²) in [5, 5.41) is 2.19. The maximum Gasteiger partial charge on any atom is 0.201 e. The van der Waals surface area contributed by atoms with Crippen molar-refractivity contribution in [2.75, 3.05) is 7.11 Å². The van der Waals surface area contributed by atoms with Crippen molar-refractivity contribution in [2.45, 2.75) is 24.7 Å². The highest BCUT2D eigenvalue weighted by atomic mass is 16.7. The van der Waals surface area contributed by atoms with Gasteiger partial charge in [-0.1, -0.05) is 97.1 Å². The molecule has 0 aliphatic carbocycles. The summed E-state index contributed by atoms with van der Waals surface area (Å²) < 4.78 is 19.1. The Hall–Kier alpha value is -4.08. The van der Waals surface area contributed by atoms with Crippen molar-refractivity contribution in [3.63, 3.8) is 0 Å². The highest BCUT2D eigenvalue weighted by molar-refractivity contribution is 5.87. The van der Waals surface area contributed by atoms with Gasteiger partial charge in [0.15, 0.2) is 5.60 Å². The molecule has 5 aromatic carbocycles. The van der Waals surface area contributed by atoms with Gasteiger partial charge >= 0.3 is 0 Å². The zero-order valence-electron chi connectivity index (χ0n) is 20.3. The molecule has 0 aromatic heterocycles. The van der Waals surface area contributed by atoms with Crippen LogP contribution >= 0.6 is 0 Å². The summed E-state index contributed by atoms with van der Waals surface area (Å²) >= 11 is 0. The molecule has 6 rings (SSSR count). The fourth-order valence-corrected chi connectivity index (χ4v) is 5.19. The molecule has 0 spiro atoms. The minimum absolute atomic E-state index is 0.409. The average molecular weight is 473 g/mol. The second kappa shape index (κ2) is 9.52. The van der Waals surface area contributed by atoms with E-state index >= 15 is 0 Å². The number of rotatable bonds is 6. The number of fused-ring (bicyclic) bond motifs is 2. The van der Waals surface area contributed by atoms with E-state index in [1.807, 2.05) is 24.3 Å². The maximum atomic E-state index is 7.05. The molecule has 3 nitrogen and oxygen atoms in total. The summed E-state index contributed by atoms with van der Waals surface area (Å²) in [7, 11) is 1.70. The van der Waals surface area contributed by atoms with E-state index in [9.17, 15) is 0 Å². The van der Waals surface area contributed by atoms with E-state index < -0.39 is 11.9 Å². The third-order valence-electron chi connectivity index (χ3n) is 6.96. The van der Waals surface area contributed by atoms with Crippen LogP contribution in [0, 0.1) is 0 Å². The largest absolute Gasteiger partial charge is 0.497 e. The Morgan fingerprint density at radius 1 is 0.694 bits per heavy atom. The predicted octanol–water partition coefficient (Wildman–Crippen LogP) is 7.51. The Morgan fingerprint density at radius 3 is 1.97 bits per heavy atom. The quantitative estimate of drug-likeness (QED) is 0.256. The second-order valence-corrected chi connectivity index (χ2v) is 9.16. The minimum Gasteiger partial charge on any atom is -0.497 e. The second-order valence-electron chi connectivity index (χ2n) is 9.16. The van der Waals surface area contributed by atoms with Gasteiger partial charge in [-0.15, -0.1) is 0 Å². The lowest BCUT2D eigenvalue weighted by Crippen LogP contribution is -2.43. The Morgan fingerprint density at radius 2 is 1.33 bits per heavy atom. The van der Waals surface area contributed by atoms with Crippen LogP contribution in [0.1, 0.15) is 28.7 Å². The lowest BCUT2D eigenvalue weighted by Gasteiger charge is -2.43. The van der Waals surface area contributed by atoms with Crippen LogP contribution in [0.15, 0.2) is 121 Å². The molecule has 178 valence electrons. The van der Waals surface area contributed by atoms with Gasteiger partial charge in [-0.2, -0.15) is 0 Å². The van der Waals surface area contributed by atoms with Crippen molar-refractivity contribution < 1.29 is 14.2 Å². The molecule has 36 heavy (non-hydrogen) atoms. The third-order valence-corrected chi connectivity index (χ3v) is 6.96. The first-order chi connectivity index (χ1) is 17.8. The molecule has 1 heterocycles. The number of methoxy groups -OCH3 is 1. The molecule has 1 aliphatic rings. The Bertz CT molecular complexity index is 1420. The summed E-state index contributed by atoms with van der Waals surface area (Å²) in [5.74, 6) is 1.68. The average Bonchev–Trinajstić information content (AvgIpc) is 2.96. The van der Waals surface area contributed by atoms with E-state index in [0.29, 0.717) is 0 Å². The molecule has 3 heteroatoms. The normalized spacial score (nSPS) is 16.2. The first-order valence-electron chi connectivity index (χ1n) is 12.4. The highest BCUT2D eigenvalue weighted by Gasteiger charge is 2.46. The van der Waals surface area contributed by atoms with Gasteiger partial charge in [0.25, 0.3) is 0 Å². The van der Waals surface area contributed by atoms with Crippen LogP contribution in [0.25, 0.3) is 10.8 Å². The molecule has 0 fully saturated rings. The van der Waals surface area contributed by atoms with Gasteiger partial charge in [-0.3, -0.25) is 0 Å². The molecular formula is C33H28O3. The van der Waals surface area contributed by atoms with E-state index in [2.05, 4.69) is 97.1 Å². The molecular weight excluding hydrogens is 444 g/mol. The molecule has 0 saturated carbocycles. The van der Waals surface area contributed by atoms with Crippen LogP contribution in [0.4, 0.5) is 0 Å². The van der Waals surface area contributed by atoms with E-state index in [4.69, 9.17) is 14.2 Å². The summed E-state index contributed by atoms with van der Waals surface area (Å²) in [6.45, 7) is 0. The molecule has 0 amide bonds. The van der Waals surface area contributed by atoms with Crippen LogP contribution in [0.3, 0.4) is 0 Å². The Labute approximate surface area is 211 Å². The Kier molecular flexibility index (Phi) is 5.92. The van der Waals surface area contributed by atoms with E-state index in [0.717, 1.165) is 51.8 Å². The van der Waals surface area contributed by atoms with E-state index in [1.165, 1.54) is 5.56 Å². The summed E-state index contributed by atoms with van der Waals surface area (Å²) in [6, 6.07) is 41.9. The Balaban J connectivity index is 1.54. The van der Waals surface area contributed by atoms with Crippen molar-refractivity contribution in [3.05, 3.63) is 144 Å². The molecule has 0 saturated heterocycles. The van der Waals surface area contributed by atoms with Crippen LogP contribution in [-0.2, 0) is 16.8 Å². The molecule has 0 bridgehead atoms. The predicted molar refractivity (Wildman–Crippen MR) is 144 cm³/mol. The van der Waals surface area contributed by atoms with Gasteiger partial charge in [0, 0.05) is 12.0 Å². The molecule has 1 unspecified atom stereocenters. The topological polar surface area (TPSA) is 27.7 Å². The number of hydrogen-bond donors (Lipinski definition) is 0. The molecule has 1 aliphatic heterocycles. The fraction of sp³-hybridized carbons (Fsp3) is 0.152. The fourth-order valence-electron chi connectivity index (χ4n) is 5.19. The van der Waals surface area contributed by atoms with Gasteiger partial charge in [-0.05, 0) is 58.1 Å². The third kappa shape index (κ3) is 4.02. The van der Waals surface area contributed by atoms with Gasteiger partial charge in [0.1, 0.15) is 11.5 Å². The maximum absolute atomic E-state index is 7.05. The van der Waals surface area contributed by atoms with Crippen LogP contribution in [0.2, 0.25) is 0 Å². The highest BCUT2D eigenvalue weighted by Crippen LogP contribution is 2.50. The molecule has 1 atom stereocenters. The summed E-state index contributed by atoms with van der Waals surface area (Å²) in [4.78, 5) is 0. The van der Waals surface area contributed by atoms with Crippen LogP contribution < -0.4 is 9.47 Å². The lowest BCUT2D eigenvalue weighted by molar-refractivity contribution is -0.165. The summed E-state index contributed by atoms with van der Waals surface area (Å²) in [6.07, 6.45) is 1.20. The molecule has 5 aromatic rings. The van der Waals surface area contributed by atoms with Crippen molar-refractivity contribution in [2.24, 2.45) is 0 Å². The number of benzene rings is 5. The molecule has 0 radical (unpaired) electrons. The smallest absolute Gasteiger partial charge is 0.201 e. The van der Waals surface area contributed by atoms with Crippen molar-refractivity contribution >= 4 is 10.8 Å². The zero-order valence-corrected chi connectivity index (χ0v) is 20.3. The minimum atomic E-state index is -0.811. The standard InChI is InChI=1S/C33H28O3/c1-34-29-19-18-25-23-31-30(22-26(25)21-29)33(27-13-7-3-8-14-27,28-15-9-4-10-16-28)36-32(35-31)20-17-24-11-5-2-6-12-24/h2-16,18-19,21-23,32H,17,20H2,1H3. The number of hydrogen-bond acceptors (Lipinski definition) is 3. The van der Waals surface area contributed by atoms with Crippen LogP contribution in [0.5, 0.6) is 11.5 Å². The number of ether oxygens (including phenoxy) is 3. The SMILES string of the molecule is COc1ccc2cc3c(cc2c1)C(c1ccccc1)(c1ccccc1)OC(CCc1ccccc1)O3. The first kappa shape index (κ1) is 22.4. The zero-order chi connectivity index (χ0) is 24.4. The lowest BCUT2D eigenvalue weighted by atomic mass is 9.78. The molecule has 0 N–H and O–H groups in total. The van der Waals surface area contributed by atoms with Gasteiger partial charge in [0.05, 0.1) is 7.11 Å². The van der Waals surface area contributed by atoms with Gasteiger partial charge in [0.2, 0.25) is 6.29 Å². The van der Waals surface area contributed by atoms with Gasteiger partial charge < -0.3 is 14.2 Å². The summed E-state index contributed by atoms with van der Waals surface area (Å²) in [5.41, 5.74) is 3.61. The number of aryl methyl sites for hydroxylation is 1. The van der Waals surface area contributed by atoms with E-state index in [-0.39, 0.29) is 0 Å². The van der Waals surface area contributed by atoms with Crippen LogP contribution in [-0.4, -0.2) is 13.4 Å². The van der Waals surface area contributed by atoms with Gasteiger partial charge in [-0.25, -0.2) is 0 Å². The van der Waals surface area contributed by atoms with Crippen molar-refractivity contribution in [1.82, 2.24) is 0 Å². The first-order valence-corrected chi connectivity index (χ1v) is 12.4.